The molecule has 0 bridgehead atoms. The van der Waals surface area contributed by atoms with Gasteiger partial charge in [0.2, 0.25) is 5.82 Å². The zero-order valence-electron chi connectivity index (χ0n) is 16.0. The Morgan fingerprint density at radius 3 is 2.75 bits per heavy atom. The summed E-state index contributed by atoms with van der Waals surface area (Å²) in [5.41, 5.74) is 3.24. The first kappa shape index (κ1) is 19.4. The van der Waals surface area contributed by atoms with Gasteiger partial charge in [-0.3, -0.25) is 14.9 Å². The highest BCUT2D eigenvalue weighted by Gasteiger charge is 2.17. The summed E-state index contributed by atoms with van der Waals surface area (Å²) in [7, 11) is 0. The molecule has 0 saturated heterocycles. The van der Waals surface area contributed by atoms with Gasteiger partial charge in [-0.25, -0.2) is 14.4 Å². The Kier molecular flexibility index (Phi) is 5.93. The van der Waals surface area contributed by atoms with Gasteiger partial charge in [0.05, 0.1) is 24.1 Å². The van der Waals surface area contributed by atoms with E-state index in [1.807, 2.05) is 20.0 Å². The summed E-state index contributed by atoms with van der Waals surface area (Å²) in [5.74, 6) is -0.151. The molecule has 0 aliphatic carbocycles. The summed E-state index contributed by atoms with van der Waals surface area (Å²) in [6, 6.07) is 2.43. The van der Waals surface area contributed by atoms with Crippen LogP contribution in [-0.2, 0) is 6.42 Å². The number of pyridine rings is 1. The van der Waals surface area contributed by atoms with Crippen molar-refractivity contribution < 1.29 is 9.18 Å². The second-order valence-electron chi connectivity index (χ2n) is 6.49. The molecule has 0 aromatic carbocycles. The Hall–Kier alpha value is -3.36. The number of aryl methyl sites for hydroxylation is 1. The molecule has 3 aromatic rings. The standard InChI is InChI=1S/C19H22FN7O/c1-11-12(2)25-18(27-17(11)21-7-6-14-8-23-24-9-14)19(28)26-13(3)16-5-4-15(20)10-22-16/h4-5,8-10,13H,6-7H2,1-3H3,(H,23,24)(H,26,28)(H,21,25,27). The highest BCUT2D eigenvalue weighted by Crippen LogP contribution is 2.16. The highest BCUT2D eigenvalue weighted by molar-refractivity contribution is 5.91. The molecule has 146 valence electrons. The van der Waals surface area contributed by atoms with Crippen LogP contribution in [-0.4, -0.2) is 37.6 Å². The lowest BCUT2D eigenvalue weighted by atomic mass is 10.2. The number of anilines is 1. The normalized spacial score (nSPS) is 11.9. The van der Waals surface area contributed by atoms with Gasteiger partial charge in [0.1, 0.15) is 11.6 Å². The summed E-state index contributed by atoms with van der Waals surface area (Å²) < 4.78 is 13.0. The first-order valence-corrected chi connectivity index (χ1v) is 8.93. The zero-order valence-corrected chi connectivity index (χ0v) is 16.0. The molecule has 1 amide bonds. The van der Waals surface area contributed by atoms with Crippen molar-refractivity contribution in [1.82, 2.24) is 30.5 Å². The predicted octanol–water partition coefficient (Wildman–Crippen LogP) is 2.50. The molecule has 1 unspecified atom stereocenters. The van der Waals surface area contributed by atoms with E-state index in [1.54, 1.807) is 13.1 Å². The van der Waals surface area contributed by atoms with Gasteiger partial charge in [-0.05, 0) is 44.9 Å². The Labute approximate surface area is 162 Å². The van der Waals surface area contributed by atoms with Gasteiger partial charge in [0.25, 0.3) is 5.91 Å². The van der Waals surface area contributed by atoms with Gasteiger partial charge in [-0.2, -0.15) is 5.10 Å². The first-order valence-electron chi connectivity index (χ1n) is 8.93. The molecule has 0 spiro atoms. The van der Waals surface area contributed by atoms with Gasteiger partial charge in [-0.15, -0.1) is 0 Å². The van der Waals surface area contributed by atoms with Crippen molar-refractivity contribution in [2.45, 2.75) is 33.2 Å². The molecule has 3 N–H and O–H groups in total. The van der Waals surface area contributed by atoms with Gasteiger partial charge in [0, 0.05) is 24.0 Å². The molecule has 0 aliphatic heterocycles. The van der Waals surface area contributed by atoms with Crippen molar-refractivity contribution in [3.63, 3.8) is 0 Å². The number of carbonyl (C=O) groups excluding carboxylic acids is 1. The van der Waals surface area contributed by atoms with Gasteiger partial charge in [-0.1, -0.05) is 0 Å². The van der Waals surface area contributed by atoms with Crippen molar-refractivity contribution >= 4 is 11.7 Å². The molecule has 8 nitrogen and oxygen atoms in total. The van der Waals surface area contributed by atoms with Crippen molar-refractivity contribution in [3.05, 3.63) is 64.9 Å². The molecule has 0 fully saturated rings. The first-order chi connectivity index (χ1) is 13.4. The number of hydrogen-bond donors (Lipinski definition) is 3. The van der Waals surface area contributed by atoms with E-state index in [0.29, 0.717) is 18.1 Å². The monoisotopic (exact) mass is 383 g/mol. The Morgan fingerprint density at radius 2 is 2.07 bits per heavy atom. The smallest absolute Gasteiger partial charge is 0.289 e. The fourth-order valence-electron chi connectivity index (χ4n) is 2.62. The third-order valence-electron chi connectivity index (χ3n) is 4.39. The SMILES string of the molecule is Cc1nc(C(=O)NC(C)c2ccc(F)cn2)nc(NCCc2cn[nH]c2)c1C. The van der Waals surface area contributed by atoms with E-state index >= 15 is 0 Å². The maximum Gasteiger partial charge on any atom is 0.289 e. The maximum atomic E-state index is 13.0. The summed E-state index contributed by atoms with van der Waals surface area (Å²) in [4.78, 5) is 25.3. The van der Waals surface area contributed by atoms with Crippen LogP contribution in [0.4, 0.5) is 10.2 Å². The molecule has 1 atom stereocenters. The van der Waals surface area contributed by atoms with Crippen LogP contribution < -0.4 is 10.6 Å². The third kappa shape index (κ3) is 4.67. The minimum absolute atomic E-state index is 0.0721. The van der Waals surface area contributed by atoms with E-state index in [0.717, 1.165) is 29.4 Å². The second kappa shape index (κ2) is 8.55. The fraction of sp³-hybridized carbons (Fsp3) is 0.316. The molecular weight excluding hydrogens is 361 g/mol. The van der Waals surface area contributed by atoms with Crippen LogP contribution in [0, 0.1) is 19.7 Å². The quantitative estimate of drug-likeness (QED) is 0.578. The molecule has 0 saturated carbocycles. The molecule has 3 aromatic heterocycles. The van der Waals surface area contributed by atoms with E-state index in [2.05, 4.69) is 35.8 Å². The van der Waals surface area contributed by atoms with Crippen LogP contribution in [0.25, 0.3) is 0 Å². The lowest BCUT2D eigenvalue weighted by Crippen LogP contribution is -2.29. The van der Waals surface area contributed by atoms with Gasteiger partial charge >= 0.3 is 0 Å². The number of carbonyl (C=O) groups is 1. The zero-order chi connectivity index (χ0) is 20.1. The number of halogens is 1. The summed E-state index contributed by atoms with van der Waals surface area (Å²) in [5, 5.41) is 12.7. The van der Waals surface area contributed by atoms with Gasteiger partial charge in [0.15, 0.2) is 0 Å². The summed E-state index contributed by atoms with van der Waals surface area (Å²) >= 11 is 0. The highest BCUT2D eigenvalue weighted by atomic mass is 19.1. The van der Waals surface area contributed by atoms with E-state index in [1.165, 1.54) is 12.1 Å². The molecule has 0 radical (unpaired) electrons. The molecule has 3 heterocycles. The average molecular weight is 383 g/mol. The second-order valence-corrected chi connectivity index (χ2v) is 6.49. The summed E-state index contributed by atoms with van der Waals surface area (Å²) in [6.07, 6.45) is 5.49. The number of aromatic nitrogens is 5. The Morgan fingerprint density at radius 1 is 1.25 bits per heavy atom. The molecule has 28 heavy (non-hydrogen) atoms. The largest absolute Gasteiger partial charge is 0.369 e. The van der Waals surface area contributed by atoms with Crippen LogP contribution in [0.5, 0.6) is 0 Å². The van der Waals surface area contributed by atoms with Crippen molar-refractivity contribution in [1.29, 1.82) is 0 Å². The lowest BCUT2D eigenvalue weighted by molar-refractivity contribution is 0.0928. The Bertz CT molecular complexity index is 942. The van der Waals surface area contributed by atoms with Crippen molar-refractivity contribution in [2.75, 3.05) is 11.9 Å². The number of H-pyrrole nitrogens is 1. The summed E-state index contributed by atoms with van der Waals surface area (Å²) in [6.45, 7) is 6.15. The van der Waals surface area contributed by atoms with E-state index in [9.17, 15) is 9.18 Å². The van der Waals surface area contributed by atoms with E-state index in [-0.39, 0.29) is 5.82 Å². The van der Waals surface area contributed by atoms with Gasteiger partial charge < -0.3 is 10.6 Å². The number of nitrogens with zero attached hydrogens (tertiary/aromatic N) is 4. The predicted molar refractivity (Wildman–Crippen MR) is 102 cm³/mol. The van der Waals surface area contributed by atoms with Crippen LogP contribution in [0.2, 0.25) is 0 Å². The number of rotatable bonds is 7. The van der Waals surface area contributed by atoms with Crippen molar-refractivity contribution in [3.8, 4) is 0 Å². The Balaban J connectivity index is 1.69. The topological polar surface area (TPSA) is 108 Å². The van der Waals surface area contributed by atoms with Crippen LogP contribution in [0.1, 0.15) is 46.1 Å². The number of hydrogen-bond acceptors (Lipinski definition) is 6. The minimum Gasteiger partial charge on any atom is -0.369 e. The number of amides is 1. The number of aromatic amines is 1. The van der Waals surface area contributed by atoms with Crippen LogP contribution >= 0.6 is 0 Å². The van der Waals surface area contributed by atoms with Crippen LogP contribution in [0.3, 0.4) is 0 Å². The number of nitrogens with one attached hydrogen (secondary N) is 3. The molecule has 0 aliphatic rings. The lowest BCUT2D eigenvalue weighted by Gasteiger charge is -2.15. The fourth-order valence-corrected chi connectivity index (χ4v) is 2.62. The molecule has 9 heteroatoms. The maximum absolute atomic E-state index is 13.0. The minimum atomic E-state index is -0.425. The van der Waals surface area contributed by atoms with E-state index in [4.69, 9.17) is 0 Å². The average Bonchev–Trinajstić information content (AvgIpc) is 3.19. The molecule has 3 rings (SSSR count). The van der Waals surface area contributed by atoms with Crippen LogP contribution in [0.15, 0.2) is 30.7 Å². The molecular formula is C19H22FN7O. The third-order valence-corrected chi connectivity index (χ3v) is 4.39. The van der Waals surface area contributed by atoms with E-state index < -0.39 is 17.8 Å². The van der Waals surface area contributed by atoms with Crippen molar-refractivity contribution in [2.24, 2.45) is 0 Å².